The zero-order valence-corrected chi connectivity index (χ0v) is 17.2. The van der Waals surface area contributed by atoms with E-state index < -0.39 is 18.0 Å². The minimum Gasteiger partial charge on any atom is -0.461 e. The minimum atomic E-state index is -4.70. The van der Waals surface area contributed by atoms with Crippen molar-refractivity contribution in [3.05, 3.63) is 52.6 Å². The highest BCUT2D eigenvalue weighted by Gasteiger charge is 2.35. The summed E-state index contributed by atoms with van der Waals surface area (Å²) in [5.41, 5.74) is 1.59. The molecular weight excluding hydrogens is 419 g/mol. The molecule has 2 heterocycles. The van der Waals surface area contributed by atoms with Gasteiger partial charge in [0.2, 0.25) is 5.82 Å². The molecule has 1 N–H and O–H groups in total. The van der Waals surface area contributed by atoms with Crippen LogP contribution in [0.2, 0.25) is 0 Å². The van der Waals surface area contributed by atoms with Crippen LogP contribution in [0, 0.1) is 13.8 Å². The zero-order chi connectivity index (χ0) is 22.1. The molecule has 158 valence electrons. The van der Waals surface area contributed by atoms with Crippen LogP contribution >= 0.6 is 11.8 Å². The lowest BCUT2D eigenvalue weighted by atomic mass is 10.1. The highest BCUT2D eigenvalue weighted by Crippen LogP contribution is 2.32. The van der Waals surface area contributed by atoms with Gasteiger partial charge in [0.25, 0.3) is 0 Å². The number of esters is 1. The lowest BCUT2D eigenvalue weighted by Gasteiger charge is -2.10. The Bertz CT molecular complexity index is 1130. The minimum absolute atomic E-state index is 0.0673. The Hall–Kier alpha value is -2.88. The number of aromatic nitrogens is 3. The first-order chi connectivity index (χ1) is 14.1. The molecule has 0 bridgehead atoms. The number of Topliss-reactive ketones (excluding diaryl/α,β-unsaturated/α-hetero) is 1. The maximum Gasteiger partial charge on any atom is 0.451 e. The van der Waals surface area contributed by atoms with Gasteiger partial charge in [0.15, 0.2) is 5.78 Å². The van der Waals surface area contributed by atoms with E-state index in [9.17, 15) is 22.8 Å². The van der Waals surface area contributed by atoms with Crippen LogP contribution in [0.4, 0.5) is 13.2 Å². The number of thioether (sulfide) groups is 1. The van der Waals surface area contributed by atoms with E-state index in [-0.39, 0.29) is 34.4 Å². The van der Waals surface area contributed by atoms with Gasteiger partial charge in [-0.25, -0.2) is 14.8 Å². The number of H-pyrrole nitrogens is 1. The largest absolute Gasteiger partial charge is 0.461 e. The van der Waals surface area contributed by atoms with Gasteiger partial charge in [0, 0.05) is 16.6 Å². The number of hydrogen-bond acceptors (Lipinski definition) is 6. The van der Waals surface area contributed by atoms with Crippen molar-refractivity contribution in [3.63, 3.8) is 0 Å². The maximum atomic E-state index is 13.2. The Morgan fingerprint density at radius 2 is 1.87 bits per heavy atom. The summed E-state index contributed by atoms with van der Waals surface area (Å²) in [5, 5.41) is 0.496. The molecule has 0 spiro atoms. The van der Waals surface area contributed by atoms with Crippen LogP contribution in [-0.4, -0.2) is 39.1 Å². The zero-order valence-electron chi connectivity index (χ0n) is 16.4. The molecule has 0 atom stereocenters. The molecule has 3 aromatic rings. The number of ether oxygens (including phenoxy) is 1. The van der Waals surface area contributed by atoms with Crippen LogP contribution in [0.5, 0.6) is 0 Å². The van der Waals surface area contributed by atoms with E-state index in [1.54, 1.807) is 39.0 Å². The molecule has 1 aromatic carbocycles. The number of nitrogens with one attached hydrogen (secondary N) is 1. The van der Waals surface area contributed by atoms with Gasteiger partial charge in [-0.2, -0.15) is 13.2 Å². The average Bonchev–Trinajstić information content (AvgIpc) is 2.99. The summed E-state index contributed by atoms with van der Waals surface area (Å²) in [6, 6.07) is 6.31. The van der Waals surface area contributed by atoms with Gasteiger partial charge in [-0.05, 0) is 32.4 Å². The molecule has 3 rings (SSSR count). The number of alkyl halides is 3. The summed E-state index contributed by atoms with van der Waals surface area (Å²) in [5.74, 6) is -2.31. The van der Waals surface area contributed by atoms with Gasteiger partial charge < -0.3 is 9.72 Å². The topological polar surface area (TPSA) is 84.9 Å². The summed E-state index contributed by atoms with van der Waals surface area (Å²) in [4.78, 5) is 34.9. The number of benzene rings is 1. The first-order valence-electron chi connectivity index (χ1n) is 8.99. The molecule has 0 amide bonds. The number of rotatable bonds is 6. The van der Waals surface area contributed by atoms with Crippen LogP contribution in [-0.2, 0) is 10.9 Å². The maximum absolute atomic E-state index is 13.2. The third-order valence-electron chi connectivity index (χ3n) is 4.36. The van der Waals surface area contributed by atoms with E-state index in [2.05, 4.69) is 15.0 Å². The van der Waals surface area contributed by atoms with Crippen LogP contribution in [0.1, 0.15) is 44.9 Å². The normalized spacial score (nSPS) is 11.7. The quantitative estimate of drug-likeness (QED) is 0.259. The van der Waals surface area contributed by atoms with Crippen molar-refractivity contribution in [1.82, 2.24) is 15.0 Å². The van der Waals surface area contributed by atoms with Gasteiger partial charge >= 0.3 is 12.1 Å². The molecule has 2 aromatic heterocycles. The summed E-state index contributed by atoms with van der Waals surface area (Å²) >= 11 is 0.898. The Balaban J connectivity index is 1.90. The molecule has 0 saturated carbocycles. The van der Waals surface area contributed by atoms with Crippen molar-refractivity contribution in [2.24, 2.45) is 0 Å². The average molecular weight is 437 g/mol. The van der Waals surface area contributed by atoms with E-state index in [1.165, 1.54) is 6.07 Å². The molecule has 0 aliphatic carbocycles. The van der Waals surface area contributed by atoms with Gasteiger partial charge in [-0.3, -0.25) is 4.79 Å². The molecule has 30 heavy (non-hydrogen) atoms. The fourth-order valence-electron chi connectivity index (χ4n) is 3.07. The van der Waals surface area contributed by atoms with E-state index >= 15 is 0 Å². The van der Waals surface area contributed by atoms with Gasteiger partial charge in [0.05, 0.1) is 17.9 Å². The van der Waals surface area contributed by atoms with Crippen molar-refractivity contribution >= 4 is 34.4 Å². The second-order valence-corrected chi connectivity index (χ2v) is 7.39. The second-order valence-electron chi connectivity index (χ2n) is 6.42. The Morgan fingerprint density at radius 1 is 1.17 bits per heavy atom. The number of aryl methyl sites for hydroxylation is 1. The summed E-state index contributed by atoms with van der Waals surface area (Å²) in [7, 11) is 0. The molecule has 10 heteroatoms. The molecule has 0 fully saturated rings. The van der Waals surface area contributed by atoms with Gasteiger partial charge in [0.1, 0.15) is 10.7 Å². The van der Waals surface area contributed by atoms with Crippen molar-refractivity contribution in [1.29, 1.82) is 0 Å². The summed E-state index contributed by atoms with van der Waals surface area (Å²) in [6.45, 7) is 5.13. The fourth-order valence-corrected chi connectivity index (χ4v) is 3.96. The van der Waals surface area contributed by atoms with Crippen LogP contribution in [0.3, 0.4) is 0 Å². The van der Waals surface area contributed by atoms with Crippen molar-refractivity contribution in [3.8, 4) is 0 Å². The number of halogens is 3. The van der Waals surface area contributed by atoms with Crippen molar-refractivity contribution < 1.29 is 27.5 Å². The van der Waals surface area contributed by atoms with Crippen molar-refractivity contribution in [2.45, 2.75) is 32.0 Å². The number of hydrogen-bond donors (Lipinski definition) is 1. The molecule has 0 aliphatic rings. The van der Waals surface area contributed by atoms with Crippen LogP contribution in [0.25, 0.3) is 10.9 Å². The number of nitrogens with zero attached hydrogens (tertiary/aromatic N) is 2. The lowest BCUT2D eigenvalue weighted by molar-refractivity contribution is -0.145. The molecule has 0 aliphatic heterocycles. The second kappa shape index (κ2) is 8.47. The number of carbonyl (C=O) groups excluding carboxylic acids is 2. The third-order valence-corrected chi connectivity index (χ3v) is 5.35. The smallest absolute Gasteiger partial charge is 0.451 e. The van der Waals surface area contributed by atoms with Crippen LogP contribution < -0.4 is 0 Å². The number of carbonyl (C=O) groups is 2. The van der Waals surface area contributed by atoms with E-state index in [1.807, 2.05) is 0 Å². The predicted octanol–water partition coefficient (Wildman–Crippen LogP) is 4.75. The first-order valence-corrected chi connectivity index (χ1v) is 9.98. The summed E-state index contributed by atoms with van der Waals surface area (Å²) < 4.78 is 44.4. The van der Waals surface area contributed by atoms with Gasteiger partial charge in [-0.1, -0.05) is 30.0 Å². The Kier molecular flexibility index (Phi) is 6.16. The Labute approximate surface area is 174 Å². The first kappa shape index (κ1) is 21.8. The standard InChI is InChI=1S/C20H18F3N3O3S/c1-4-29-18(28)16-10(2)15(11(3)24-16)14(27)9-30-17-12-7-5-6-8-13(12)25-19(26-17)20(21,22)23/h5-8,24H,4,9H2,1-3H3. The van der Waals surface area contributed by atoms with E-state index in [0.29, 0.717) is 22.2 Å². The number of aromatic amines is 1. The monoisotopic (exact) mass is 437 g/mol. The predicted molar refractivity (Wildman–Crippen MR) is 106 cm³/mol. The molecule has 0 unspecified atom stereocenters. The highest BCUT2D eigenvalue weighted by atomic mass is 32.2. The third kappa shape index (κ3) is 4.33. The SMILES string of the molecule is CCOC(=O)c1[nH]c(C)c(C(=O)CSc2nc(C(F)(F)F)nc3ccccc23)c1C. The number of para-hydroxylation sites is 1. The fraction of sp³-hybridized carbons (Fsp3) is 0.300. The molecular formula is C20H18F3N3O3S. The van der Waals surface area contributed by atoms with Gasteiger partial charge in [-0.15, -0.1) is 0 Å². The summed E-state index contributed by atoms with van der Waals surface area (Å²) in [6.07, 6.45) is -4.70. The van der Waals surface area contributed by atoms with E-state index in [0.717, 1.165) is 11.8 Å². The number of ketones is 1. The Morgan fingerprint density at radius 3 is 2.53 bits per heavy atom. The molecule has 0 radical (unpaired) electrons. The van der Waals surface area contributed by atoms with E-state index in [4.69, 9.17) is 4.74 Å². The molecule has 0 saturated heterocycles. The van der Waals surface area contributed by atoms with Crippen LogP contribution in [0.15, 0.2) is 29.3 Å². The lowest BCUT2D eigenvalue weighted by Crippen LogP contribution is -2.12. The van der Waals surface area contributed by atoms with Crippen molar-refractivity contribution in [2.75, 3.05) is 12.4 Å². The molecule has 6 nitrogen and oxygen atoms in total. The highest BCUT2D eigenvalue weighted by molar-refractivity contribution is 8.00. The number of fused-ring (bicyclic) bond motifs is 1.